The minimum absolute atomic E-state index is 0.0218. The molecule has 7 heteroatoms. The quantitative estimate of drug-likeness (QED) is 0.871. The number of carboxylic acids is 1. The van der Waals surface area contributed by atoms with Crippen LogP contribution in [0.3, 0.4) is 0 Å². The molecule has 98 valence electrons. The Morgan fingerprint density at radius 2 is 2.16 bits per heavy atom. The highest BCUT2D eigenvalue weighted by Gasteiger charge is 2.11. The zero-order chi connectivity index (χ0) is 14.0. The lowest BCUT2D eigenvalue weighted by Crippen LogP contribution is -2.13. The van der Waals surface area contributed by atoms with Crippen molar-refractivity contribution in [2.75, 3.05) is 7.11 Å². The molecule has 0 fully saturated rings. The lowest BCUT2D eigenvalue weighted by Gasteiger charge is -2.05. The number of nitrogens with zero attached hydrogens (tertiary/aromatic N) is 1. The van der Waals surface area contributed by atoms with Gasteiger partial charge in [0.15, 0.2) is 17.3 Å². The Bertz CT molecular complexity index is 696. The van der Waals surface area contributed by atoms with Gasteiger partial charge >= 0.3 is 5.97 Å². The second-order valence-electron chi connectivity index (χ2n) is 3.63. The van der Waals surface area contributed by atoms with Gasteiger partial charge in [-0.25, -0.2) is 14.2 Å². The van der Waals surface area contributed by atoms with Crippen LogP contribution in [0.4, 0.5) is 4.39 Å². The van der Waals surface area contributed by atoms with Gasteiger partial charge < -0.3 is 14.8 Å². The number of H-pyrrole nitrogens is 1. The molecule has 19 heavy (non-hydrogen) atoms. The SMILES string of the molecule is COc1ccc(-c2nc(C(=O)O)cc(=O)[nH]2)cc1F. The highest BCUT2D eigenvalue weighted by atomic mass is 19.1. The molecule has 0 aliphatic carbocycles. The Kier molecular flexibility index (Phi) is 3.28. The molecule has 6 nitrogen and oxygen atoms in total. The van der Waals surface area contributed by atoms with Crippen LogP contribution in [0.15, 0.2) is 29.1 Å². The van der Waals surface area contributed by atoms with Gasteiger partial charge in [-0.3, -0.25) is 4.79 Å². The van der Waals surface area contributed by atoms with Crippen molar-refractivity contribution in [3.05, 3.63) is 46.1 Å². The molecule has 0 amide bonds. The number of hydrogen-bond acceptors (Lipinski definition) is 4. The Morgan fingerprint density at radius 1 is 1.42 bits per heavy atom. The fourth-order valence-corrected chi connectivity index (χ4v) is 1.52. The number of aromatic amines is 1. The largest absolute Gasteiger partial charge is 0.494 e. The van der Waals surface area contributed by atoms with Gasteiger partial charge in [-0.2, -0.15) is 0 Å². The van der Waals surface area contributed by atoms with Gasteiger partial charge in [0.2, 0.25) is 0 Å². The lowest BCUT2D eigenvalue weighted by molar-refractivity contribution is 0.0690. The second kappa shape index (κ2) is 4.89. The molecule has 1 aromatic heterocycles. The van der Waals surface area contributed by atoms with Crippen LogP contribution in [0, 0.1) is 5.82 Å². The third-order valence-electron chi connectivity index (χ3n) is 2.39. The van der Waals surface area contributed by atoms with E-state index < -0.39 is 23.0 Å². The van der Waals surface area contributed by atoms with Crippen molar-refractivity contribution < 1.29 is 19.0 Å². The molecule has 0 saturated heterocycles. The molecule has 2 aromatic rings. The van der Waals surface area contributed by atoms with Crippen molar-refractivity contribution in [1.82, 2.24) is 9.97 Å². The summed E-state index contributed by atoms with van der Waals surface area (Å²) in [5, 5.41) is 8.81. The van der Waals surface area contributed by atoms with Crippen LogP contribution in [0.1, 0.15) is 10.5 Å². The normalized spacial score (nSPS) is 10.2. The van der Waals surface area contributed by atoms with Crippen LogP contribution in [0.2, 0.25) is 0 Å². The highest BCUT2D eigenvalue weighted by molar-refractivity contribution is 5.85. The summed E-state index contributed by atoms with van der Waals surface area (Å²) in [7, 11) is 1.32. The van der Waals surface area contributed by atoms with Gasteiger partial charge in [-0.1, -0.05) is 0 Å². The van der Waals surface area contributed by atoms with Crippen LogP contribution in [0.5, 0.6) is 5.75 Å². The van der Waals surface area contributed by atoms with E-state index in [4.69, 9.17) is 9.84 Å². The number of carbonyl (C=O) groups is 1. The molecule has 0 saturated carbocycles. The third kappa shape index (κ3) is 2.59. The molecule has 1 heterocycles. The first kappa shape index (κ1) is 12.7. The second-order valence-corrected chi connectivity index (χ2v) is 3.63. The number of carboxylic acid groups (broad SMARTS) is 1. The van der Waals surface area contributed by atoms with Crippen molar-refractivity contribution >= 4 is 5.97 Å². The molecule has 0 atom stereocenters. The van der Waals surface area contributed by atoms with E-state index >= 15 is 0 Å². The number of halogens is 1. The van der Waals surface area contributed by atoms with E-state index in [2.05, 4.69) is 9.97 Å². The summed E-state index contributed by atoms with van der Waals surface area (Å²) in [6.45, 7) is 0. The number of hydrogen-bond donors (Lipinski definition) is 2. The minimum Gasteiger partial charge on any atom is -0.494 e. The minimum atomic E-state index is -1.33. The number of ether oxygens (including phenoxy) is 1. The van der Waals surface area contributed by atoms with Crippen molar-refractivity contribution in [2.24, 2.45) is 0 Å². The van der Waals surface area contributed by atoms with Gasteiger partial charge in [0, 0.05) is 11.6 Å². The summed E-state index contributed by atoms with van der Waals surface area (Å²) in [6, 6.07) is 4.78. The monoisotopic (exact) mass is 264 g/mol. The summed E-state index contributed by atoms with van der Waals surface area (Å²) >= 11 is 0. The predicted octanol–water partition coefficient (Wildman–Crippen LogP) is 1.28. The van der Waals surface area contributed by atoms with Gasteiger partial charge in [0.25, 0.3) is 5.56 Å². The van der Waals surface area contributed by atoms with Gasteiger partial charge in [-0.05, 0) is 18.2 Å². The van der Waals surface area contributed by atoms with Crippen LogP contribution >= 0.6 is 0 Å². The molecule has 0 radical (unpaired) electrons. The Balaban J connectivity index is 2.55. The standard InChI is InChI=1S/C12H9FN2O4/c1-19-9-3-2-6(4-7(9)13)11-14-8(12(17)18)5-10(16)15-11/h2-5H,1H3,(H,17,18)(H,14,15,16). The first-order valence-electron chi connectivity index (χ1n) is 5.20. The average Bonchev–Trinajstić information content (AvgIpc) is 2.37. The number of nitrogens with one attached hydrogen (secondary N) is 1. The van der Waals surface area contributed by atoms with E-state index in [-0.39, 0.29) is 17.1 Å². The van der Waals surface area contributed by atoms with Gasteiger partial charge in [0.1, 0.15) is 5.82 Å². The third-order valence-corrected chi connectivity index (χ3v) is 2.39. The first-order valence-corrected chi connectivity index (χ1v) is 5.20. The maximum absolute atomic E-state index is 13.5. The van der Waals surface area contributed by atoms with E-state index in [0.29, 0.717) is 0 Å². The van der Waals surface area contributed by atoms with Crippen LogP contribution in [0.25, 0.3) is 11.4 Å². The summed E-state index contributed by atoms with van der Waals surface area (Å²) in [6.07, 6.45) is 0. The van der Waals surface area contributed by atoms with Gasteiger partial charge in [-0.15, -0.1) is 0 Å². The molecule has 2 N–H and O–H groups in total. The maximum atomic E-state index is 13.5. The molecular weight excluding hydrogens is 255 g/mol. The molecule has 1 aromatic carbocycles. The summed E-state index contributed by atoms with van der Waals surface area (Å²) in [5.41, 5.74) is -0.785. The predicted molar refractivity (Wildman–Crippen MR) is 63.8 cm³/mol. The Labute approximate surface area is 106 Å². The van der Waals surface area contributed by atoms with Crippen LogP contribution in [-0.2, 0) is 0 Å². The summed E-state index contributed by atoms with van der Waals surface area (Å²) in [5.74, 6) is -1.95. The van der Waals surface area contributed by atoms with Crippen LogP contribution in [-0.4, -0.2) is 28.2 Å². The fourth-order valence-electron chi connectivity index (χ4n) is 1.52. The summed E-state index contributed by atoms with van der Waals surface area (Å²) in [4.78, 5) is 28.2. The molecule has 0 spiro atoms. The first-order chi connectivity index (χ1) is 9.01. The molecule has 0 aliphatic rings. The Morgan fingerprint density at radius 3 is 2.74 bits per heavy atom. The number of aromatic carboxylic acids is 1. The van der Waals surface area contributed by atoms with Crippen molar-refractivity contribution in [3.63, 3.8) is 0 Å². The number of rotatable bonds is 3. The number of aromatic nitrogens is 2. The molecular formula is C12H9FN2O4. The molecule has 0 unspecified atom stereocenters. The fraction of sp³-hybridized carbons (Fsp3) is 0.0833. The molecule has 2 rings (SSSR count). The van der Waals surface area contributed by atoms with Crippen LogP contribution < -0.4 is 10.3 Å². The van der Waals surface area contributed by atoms with Gasteiger partial charge in [0.05, 0.1) is 7.11 Å². The topological polar surface area (TPSA) is 92.3 Å². The zero-order valence-electron chi connectivity index (χ0n) is 9.81. The molecule has 0 bridgehead atoms. The maximum Gasteiger partial charge on any atom is 0.354 e. The average molecular weight is 264 g/mol. The smallest absolute Gasteiger partial charge is 0.354 e. The van der Waals surface area contributed by atoms with Crippen molar-refractivity contribution in [3.8, 4) is 17.1 Å². The highest BCUT2D eigenvalue weighted by Crippen LogP contribution is 2.22. The van der Waals surface area contributed by atoms with E-state index in [0.717, 1.165) is 12.1 Å². The van der Waals surface area contributed by atoms with E-state index in [9.17, 15) is 14.0 Å². The van der Waals surface area contributed by atoms with E-state index in [1.807, 2.05) is 0 Å². The van der Waals surface area contributed by atoms with E-state index in [1.54, 1.807) is 0 Å². The molecule has 0 aliphatic heterocycles. The number of methoxy groups -OCH3 is 1. The van der Waals surface area contributed by atoms with Crippen molar-refractivity contribution in [1.29, 1.82) is 0 Å². The summed E-state index contributed by atoms with van der Waals surface area (Å²) < 4.78 is 18.3. The van der Waals surface area contributed by atoms with Crippen molar-refractivity contribution in [2.45, 2.75) is 0 Å². The zero-order valence-corrected chi connectivity index (χ0v) is 9.81. The Hall–Kier alpha value is -2.70. The van der Waals surface area contributed by atoms with E-state index in [1.165, 1.54) is 19.2 Å². The number of benzene rings is 1. The lowest BCUT2D eigenvalue weighted by atomic mass is 10.2.